The van der Waals surface area contributed by atoms with Crippen molar-refractivity contribution in [2.24, 2.45) is 5.92 Å². The Balaban J connectivity index is 1.15. The third-order valence-corrected chi connectivity index (χ3v) is 12.8. The quantitative estimate of drug-likeness (QED) is 0.227. The summed E-state index contributed by atoms with van der Waals surface area (Å²) in [4.78, 5) is 55.3. The number of hydrogen-bond acceptors (Lipinski definition) is 16. The second kappa shape index (κ2) is 16.6. The summed E-state index contributed by atoms with van der Waals surface area (Å²) in [5, 5.41) is 46.2. The number of aliphatic hydroxyl groups is 2. The van der Waals surface area contributed by atoms with Crippen molar-refractivity contribution >= 4 is 23.3 Å². The number of esters is 1. The Morgan fingerprint density at radius 1 is 0.881 bits per heavy atom. The maximum absolute atomic E-state index is 14.0. The SMILES string of the molecule is COC(=O)[C@@H]1c2cc3c(c(O)c2[C@@H](O[C@H]2C[C@H](N(C)C)[C@H](O[C@H]4C[C@H](O)[C@H](O[C@H]5CCC(=O)[C@H](C)O5)[C@H](C)O4)[C@H](C)O2)C[C@]1(O)C(C)C)C(=O)c1c(O)cccc1C3=O. The lowest BCUT2D eigenvalue weighted by Gasteiger charge is -2.49. The largest absolute Gasteiger partial charge is 0.507 e. The van der Waals surface area contributed by atoms with E-state index in [9.17, 15) is 39.6 Å². The number of nitrogens with zero attached hydrogens (tertiary/aromatic N) is 1. The highest BCUT2D eigenvalue weighted by atomic mass is 16.7. The van der Waals surface area contributed by atoms with Crippen LogP contribution in [0.4, 0.5) is 0 Å². The number of aliphatic hydroxyl groups excluding tert-OH is 1. The molecule has 7 rings (SSSR count). The summed E-state index contributed by atoms with van der Waals surface area (Å²) >= 11 is 0. The van der Waals surface area contributed by atoms with E-state index in [1.807, 2.05) is 25.9 Å². The van der Waals surface area contributed by atoms with E-state index in [2.05, 4.69) is 0 Å². The zero-order valence-corrected chi connectivity index (χ0v) is 34.6. The number of benzene rings is 2. The Labute approximate surface area is 342 Å². The first-order valence-corrected chi connectivity index (χ1v) is 20.3. The molecule has 5 aliphatic rings. The van der Waals surface area contributed by atoms with E-state index in [0.717, 1.165) is 0 Å². The molecular formula is C43H55NO15. The molecule has 0 bridgehead atoms. The first-order valence-electron chi connectivity index (χ1n) is 20.3. The van der Waals surface area contributed by atoms with E-state index >= 15 is 0 Å². The van der Waals surface area contributed by atoms with Crippen LogP contribution < -0.4 is 0 Å². The molecule has 16 heteroatoms. The number of methoxy groups -OCH3 is 1. The van der Waals surface area contributed by atoms with Crippen molar-refractivity contribution in [2.75, 3.05) is 21.2 Å². The van der Waals surface area contributed by atoms with Gasteiger partial charge in [0.05, 0.1) is 48.3 Å². The summed E-state index contributed by atoms with van der Waals surface area (Å²) in [5.41, 5.74) is -2.55. The molecule has 0 radical (unpaired) electrons. The van der Waals surface area contributed by atoms with Crippen LogP contribution in [-0.4, -0.2) is 137 Å². The van der Waals surface area contributed by atoms with Gasteiger partial charge in [0, 0.05) is 54.8 Å². The van der Waals surface area contributed by atoms with Gasteiger partial charge in [-0.1, -0.05) is 26.0 Å². The average Bonchev–Trinajstić information content (AvgIpc) is 3.16. The molecule has 0 aromatic heterocycles. The molecular weight excluding hydrogens is 770 g/mol. The number of fused-ring (bicyclic) bond motifs is 3. The van der Waals surface area contributed by atoms with Crippen LogP contribution in [0.3, 0.4) is 0 Å². The number of ether oxygens (including phenoxy) is 7. The maximum Gasteiger partial charge on any atom is 0.316 e. The summed E-state index contributed by atoms with van der Waals surface area (Å²) in [6.45, 7) is 8.73. The molecule has 59 heavy (non-hydrogen) atoms. The Kier molecular flexibility index (Phi) is 12.1. The number of aromatic hydroxyl groups is 2. The molecule has 3 fully saturated rings. The van der Waals surface area contributed by atoms with Gasteiger partial charge >= 0.3 is 5.97 Å². The lowest BCUT2D eigenvalue weighted by atomic mass is 9.64. The molecule has 3 saturated heterocycles. The van der Waals surface area contributed by atoms with Crippen molar-refractivity contribution in [3.05, 3.63) is 57.6 Å². The Bertz CT molecular complexity index is 1970. The van der Waals surface area contributed by atoms with E-state index in [0.29, 0.717) is 12.8 Å². The Hall–Kier alpha value is -3.84. The van der Waals surface area contributed by atoms with E-state index in [-0.39, 0.29) is 64.5 Å². The predicted octanol–water partition coefficient (Wildman–Crippen LogP) is 3.40. The van der Waals surface area contributed by atoms with Crippen LogP contribution in [0.1, 0.15) is 122 Å². The fourth-order valence-electron chi connectivity index (χ4n) is 9.43. The summed E-state index contributed by atoms with van der Waals surface area (Å²) in [5.74, 6) is -5.18. The maximum atomic E-state index is 14.0. The lowest BCUT2D eigenvalue weighted by Crippen LogP contribution is -2.58. The molecule has 0 amide bonds. The average molecular weight is 826 g/mol. The molecule has 4 N–H and O–H groups in total. The predicted molar refractivity (Wildman–Crippen MR) is 206 cm³/mol. The van der Waals surface area contributed by atoms with Crippen LogP contribution in [0.15, 0.2) is 24.3 Å². The summed E-state index contributed by atoms with van der Waals surface area (Å²) < 4.78 is 42.8. The minimum Gasteiger partial charge on any atom is -0.507 e. The van der Waals surface area contributed by atoms with Gasteiger partial charge in [-0.05, 0) is 58.5 Å². The molecule has 0 spiro atoms. The number of rotatable bonds is 9. The van der Waals surface area contributed by atoms with Gasteiger partial charge < -0.3 is 58.5 Å². The van der Waals surface area contributed by atoms with Crippen molar-refractivity contribution in [3.63, 3.8) is 0 Å². The summed E-state index contributed by atoms with van der Waals surface area (Å²) in [6.07, 6.45) is -6.78. The molecule has 3 aliphatic heterocycles. The number of phenolic OH excluding ortho intramolecular Hbond substituents is 2. The molecule has 0 saturated carbocycles. The normalized spacial score (nSPS) is 36.0. The second-order valence-electron chi connectivity index (χ2n) is 17.0. The molecule has 0 unspecified atom stereocenters. The lowest BCUT2D eigenvalue weighted by molar-refractivity contribution is -0.324. The van der Waals surface area contributed by atoms with Crippen LogP contribution in [0.25, 0.3) is 0 Å². The second-order valence-corrected chi connectivity index (χ2v) is 17.0. The van der Waals surface area contributed by atoms with Gasteiger partial charge in [-0.25, -0.2) is 0 Å². The van der Waals surface area contributed by atoms with E-state index in [1.54, 1.807) is 27.7 Å². The minimum absolute atomic E-state index is 0.00536. The highest BCUT2D eigenvalue weighted by molar-refractivity contribution is 6.30. The van der Waals surface area contributed by atoms with Crippen molar-refractivity contribution in [3.8, 4) is 11.5 Å². The minimum atomic E-state index is -1.80. The van der Waals surface area contributed by atoms with E-state index in [1.165, 1.54) is 31.4 Å². The van der Waals surface area contributed by atoms with Crippen LogP contribution in [0.5, 0.6) is 11.5 Å². The van der Waals surface area contributed by atoms with Crippen molar-refractivity contribution in [1.82, 2.24) is 4.90 Å². The first-order chi connectivity index (χ1) is 27.9. The van der Waals surface area contributed by atoms with Crippen LogP contribution in [0, 0.1) is 5.92 Å². The van der Waals surface area contributed by atoms with Crippen molar-refractivity contribution < 1.29 is 72.8 Å². The molecule has 2 aromatic rings. The standard InChI is InChI=1S/C43H55NO15/c1-18(2)43(52)17-29(34-23(36(43)42(51)53-8)14-24-35(39(34)50)38(49)33-22(37(24)48)10-9-11-27(33)46)57-31-15-25(44(6)7)40(20(4)55-31)59-32-16-28(47)41(21(5)56-32)58-30-13-12-26(45)19(3)54-30/h9-11,14,18-21,25,28-32,36,40-41,46-47,50,52H,12-13,15-17H2,1-8H3/t19-,20-,21-,25-,28-,29-,30-,31-,32-,36-,40+,41+,43-/m0/s1. The van der Waals surface area contributed by atoms with Gasteiger partial charge in [-0.2, -0.15) is 0 Å². The molecule has 13 atom stereocenters. The summed E-state index contributed by atoms with van der Waals surface area (Å²) in [7, 11) is 4.92. The van der Waals surface area contributed by atoms with Gasteiger partial charge in [0.15, 0.2) is 30.4 Å². The fourth-order valence-corrected chi connectivity index (χ4v) is 9.43. The summed E-state index contributed by atoms with van der Waals surface area (Å²) in [6, 6.07) is 5.11. The van der Waals surface area contributed by atoms with Gasteiger partial charge in [-0.3, -0.25) is 19.2 Å². The number of carbonyl (C=O) groups is 4. The van der Waals surface area contributed by atoms with Crippen LogP contribution in [-0.2, 0) is 42.7 Å². The highest BCUT2D eigenvalue weighted by Crippen LogP contribution is 2.55. The van der Waals surface area contributed by atoms with E-state index < -0.39 is 108 Å². The number of Topliss-reactive ketones (excluding diaryl/α,β-unsaturated/α-hetero) is 1. The molecule has 16 nitrogen and oxygen atoms in total. The third-order valence-electron chi connectivity index (χ3n) is 12.8. The van der Waals surface area contributed by atoms with Crippen molar-refractivity contribution in [1.29, 1.82) is 0 Å². The number of carbonyl (C=O) groups excluding carboxylic acids is 4. The van der Waals surface area contributed by atoms with Gasteiger partial charge in [0.25, 0.3) is 0 Å². The monoisotopic (exact) mass is 825 g/mol. The van der Waals surface area contributed by atoms with Crippen LogP contribution in [0.2, 0.25) is 0 Å². The topological polar surface area (TPSA) is 217 Å². The van der Waals surface area contributed by atoms with Crippen LogP contribution >= 0.6 is 0 Å². The Morgan fingerprint density at radius 2 is 1.54 bits per heavy atom. The smallest absolute Gasteiger partial charge is 0.316 e. The zero-order chi connectivity index (χ0) is 42.8. The first kappa shape index (κ1) is 43.3. The van der Waals surface area contributed by atoms with Gasteiger partial charge in [0.1, 0.15) is 35.7 Å². The molecule has 2 aromatic carbocycles. The Morgan fingerprint density at radius 3 is 2.17 bits per heavy atom. The fraction of sp³-hybridized carbons (Fsp3) is 0.628. The van der Waals surface area contributed by atoms with Gasteiger partial charge in [0.2, 0.25) is 5.78 Å². The number of likely N-dealkylation sites (N-methyl/N-ethyl adjacent to an activating group) is 1. The number of phenols is 2. The molecule has 322 valence electrons. The number of hydrogen-bond donors (Lipinski definition) is 4. The van der Waals surface area contributed by atoms with E-state index in [4.69, 9.17) is 33.2 Å². The zero-order valence-electron chi connectivity index (χ0n) is 34.6. The third kappa shape index (κ3) is 7.72. The highest BCUT2D eigenvalue weighted by Gasteiger charge is 2.55. The molecule has 2 aliphatic carbocycles. The molecule has 3 heterocycles. The van der Waals surface area contributed by atoms with Gasteiger partial charge in [-0.15, -0.1) is 0 Å². The number of ketones is 3. The van der Waals surface area contributed by atoms with Crippen molar-refractivity contribution in [2.45, 2.75) is 146 Å².